The van der Waals surface area contributed by atoms with E-state index in [1.165, 1.54) is 11.1 Å². The number of hydrogen-bond donors (Lipinski definition) is 0. The van der Waals surface area contributed by atoms with Gasteiger partial charge in [-0.3, -0.25) is 14.6 Å². The Morgan fingerprint density at radius 1 is 1.02 bits per heavy atom. The predicted molar refractivity (Wildman–Crippen MR) is 195 cm³/mol. The molecule has 0 bridgehead atoms. The third-order valence-corrected chi connectivity index (χ3v) is 12.2. The molecule has 6 aliphatic rings. The van der Waals surface area contributed by atoms with E-state index in [9.17, 15) is 10.1 Å². The van der Waals surface area contributed by atoms with Crippen molar-refractivity contribution in [2.75, 3.05) is 90.7 Å². The van der Waals surface area contributed by atoms with Crippen LogP contribution in [-0.4, -0.2) is 134 Å². The molecule has 1 amide bonds. The molecule has 52 heavy (non-hydrogen) atoms. The van der Waals surface area contributed by atoms with Gasteiger partial charge in [-0.05, 0) is 36.8 Å². The minimum absolute atomic E-state index is 0.0403. The standard InChI is InChI=1S/C40H53N7O5/c1-49-33-9-15-44(16-10-33)14-4-7-36(48)47-18-17-46(26-32(47)8-13-41)37-34-27-52-40(23-30-5-2-3-6-31(30)24-40)25-35(34)42-38(43-37)51-29-39(11-12-39)28-45-19-21-50-22-20-45/h2-7,32-33H,8-12,14-29H2,1H3. The first-order chi connectivity index (χ1) is 25.4. The van der Waals surface area contributed by atoms with Crippen LogP contribution in [0.25, 0.3) is 0 Å². The van der Waals surface area contributed by atoms with Crippen LogP contribution in [0.5, 0.6) is 6.01 Å². The van der Waals surface area contributed by atoms with Gasteiger partial charge in [0.15, 0.2) is 0 Å². The van der Waals surface area contributed by atoms with Gasteiger partial charge in [-0.25, -0.2) is 0 Å². The summed E-state index contributed by atoms with van der Waals surface area (Å²) >= 11 is 0. The van der Waals surface area contributed by atoms with E-state index in [1.54, 1.807) is 13.2 Å². The highest BCUT2D eigenvalue weighted by Crippen LogP contribution is 2.47. The van der Waals surface area contributed by atoms with Crippen molar-refractivity contribution in [3.8, 4) is 12.1 Å². The van der Waals surface area contributed by atoms with E-state index in [2.05, 4.69) is 45.0 Å². The number of hydrogen-bond acceptors (Lipinski definition) is 11. The van der Waals surface area contributed by atoms with Crippen LogP contribution in [0.4, 0.5) is 5.82 Å². The lowest BCUT2D eigenvalue weighted by molar-refractivity contribution is -0.128. The zero-order chi connectivity index (χ0) is 35.5. The summed E-state index contributed by atoms with van der Waals surface area (Å²) < 4.78 is 24.4. The van der Waals surface area contributed by atoms with Gasteiger partial charge in [-0.15, -0.1) is 0 Å². The molecule has 2 aliphatic carbocycles. The Morgan fingerprint density at radius 2 is 1.79 bits per heavy atom. The Morgan fingerprint density at radius 3 is 2.50 bits per heavy atom. The van der Waals surface area contributed by atoms with Crippen LogP contribution in [0.2, 0.25) is 0 Å². The van der Waals surface area contributed by atoms with Crippen LogP contribution in [0.15, 0.2) is 36.4 Å². The molecule has 1 atom stereocenters. The van der Waals surface area contributed by atoms with E-state index in [0.717, 1.165) is 108 Å². The van der Waals surface area contributed by atoms with Crippen molar-refractivity contribution in [3.63, 3.8) is 0 Å². The maximum absolute atomic E-state index is 13.5. The molecule has 12 heteroatoms. The summed E-state index contributed by atoms with van der Waals surface area (Å²) in [6, 6.07) is 11.1. The molecule has 0 N–H and O–H groups in total. The SMILES string of the molecule is COC1CCN(CC=CC(=O)N2CCN(c3nc(OCC4(CN5CCOCC5)CC4)nc4c3COC3(Cc5ccccc5C3)C4)CC2CC#N)CC1. The van der Waals surface area contributed by atoms with Gasteiger partial charge in [0.25, 0.3) is 0 Å². The van der Waals surface area contributed by atoms with E-state index >= 15 is 0 Å². The quantitative estimate of drug-likeness (QED) is 0.320. The predicted octanol–water partition coefficient (Wildman–Crippen LogP) is 3.18. The minimum Gasteiger partial charge on any atom is -0.463 e. The monoisotopic (exact) mass is 711 g/mol. The van der Waals surface area contributed by atoms with Crippen molar-refractivity contribution < 1.29 is 23.7 Å². The van der Waals surface area contributed by atoms with Crippen molar-refractivity contribution in [3.05, 3.63) is 58.8 Å². The highest BCUT2D eigenvalue weighted by Gasteiger charge is 2.46. The number of benzene rings is 1. The fourth-order valence-corrected chi connectivity index (χ4v) is 8.90. The van der Waals surface area contributed by atoms with Crippen LogP contribution >= 0.6 is 0 Å². The summed E-state index contributed by atoms with van der Waals surface area (Å²) in [5.74, 6) is 0.773. The van der Waals surface area contributed by atoms with Crippen molar-refractivity contribution in [2.24, 2.45) is 5.41 Å². The number of piperazine rings is 1. The molecular formula is C40H53N7O5. The zero-order valence-corrected chi connectivity index (χ0v) is 30.6. The van der Waals surface area contributed by atoms with Crippen molar-refractivity contribution in [1.29, 1.82) is 5.26 Å². The van der Waals surface area contributed by atoms with Gasteiger partial charge in [0.05, 0.1) is 62.4 Å². The van der Waals surface area contributed by atoms with Gasteiger partial charge in [0, 0.05) is 102 Å². The Balaban J connectivity index is 0.990. The number of nitriles is 1. The summed E-state index contributed by atoms with van der Waals surface area (Å²) in [6.07, 6.45) is 11.0. The lowest BCUT2D eigenvalue weighted by Crippen LogP contribution is -2.55. The number of methoxy groups -OCH3 is 1. The van der Waals surface area contributed by atoms with E-state index in [0.29, 0.717) is 51.4 Å². The molecule has 1 spiro atoms. The van der Waals surface area contributed by atoms with Gasteiger partial charge >= 0.3 is 6.01 Å². The van der Waals surface area contributed by atoms with E-state index in [1.807, 2.05) is 11.0 Å². The molecule has 4 fully saturated rings. The molecule has 1 aromatic carbocycles. The first kappa shape index (κ1) is 35.4. The number of morpholine rings is 1. The third kappa shape index (κ3) is 7.85. The number of piperidine rings is 1. The van der Waals surface area contributed by atoms with E-state index in [-0.39, 0.29) is 29.4 Å². The van der Waals surface area contributed by atoms with Crippen LogP contribution in [0.3, 0.4) is 0 Å². The highest BCUT2D eigenvalue weighted by atomic mass is 16.5. The number of carbonyl (C=O) groups is 1. The van der Waals surface area contributed by atoms with Gasteiger partial charge in [0.1, 0.15) is 5.82 Å². The van der Waals surface area contributed by atoms with Crippen molar-refractivity contribution in [1.82, 2.24) is 24.7 Å². The van der Waals surface area contributed by atoms with E-state index < -0.39 is 0 Å². The zero-order valence-electron chi connectivity index (χ0n) is 30.6. The number of amides is 1. The molecule has 0 radical (unpaired) electrons. The number of carbonyl (C=O) groups excluding carboxylic acids is 1. The first-order valence-electron chi connectivity index (χ1n) is 19.3. The summed E-state index contributed by atoms with van der Waals surface area (Å²) in [7, 11) is 1.78. The average Bonchev–Trinajstić information content (AvgIpc) is 3.84. The number of rotatable bonds is 11. The molecular weight excluding hydrogens is 658 g/mol. The second kappa shape index (κ2) is 15.4. The second-order valence-electron chi connectivity index (χ2n) is 15.8. The lowest BCUT2D eigenvalue weighted by atomic mass is 9.89. The van der Waals surface area contributed by atoms with Crippen LogP contribution in [0.1, 0.15) is 54.5 Å². The van der Waals surface area contributed by atoms with Gasteiger partial charge in [-0.1, -0.05) is 30.3 Å². The molecule has 4 aliphatic heterocycles. The smallest absolute Gasteiger partial charge is 0.318 e. The Labute approximate surface area is 307 Å². The highest BCUT2D eigenvalue weighted by molar-refractivity contribution is 5.88. The fraction of sp³-hybridized carbons (Fsp3) is 0.650. The summed E-state index contributed by atoms with van der Waals surface area (Å²) in [6.45, 7) is 9.83. The average molecular weight is 712 g/mol. The maximum Gasteiger partial charge on any atom is 0.318 e. The van der Waals surface area contributed by atoms with Crippen molar-refractivity contribution in [2.45, 2.75) is 75.7 Å². The number of ether oxygens (including phenoxy) is 4. The number of fused-ring (bicyclic) bond motifs is 2. The normalized spacial score (nSPS) is 24.5. The first-order valence-corrected chi connectivity index (χ1v) is 19.3. The third-order valence-electron chi connectivity index (χ3n) is 12.2. The molecule has 12 nitrogen and oxygen atoms in total. The summed E-state index contributed by atoms with van der Waals surface area (Å²) in [4.78, 5) is 32.6. The largest absolute Gasteiger partial charge is 0.463 e. The molecule has 3 saturated heterocycles. The molecule has 2 aromatic rings. The minimum atomic E-state index is -0.325. The molecule has 8 rings (SSSR count). The molecule has 5 heterocycles. The lowest BCUT2D eigenvalue weighted by Gasteiger charge is -2.42. The van der Waals surface area contributed by atoms with Crippen LogP contribution < -0.4 is 9.64 Å². The van der Waals surface area contributed by atoms with Gasteiger partial charge in [-0.2, -0.15) is 15.2 Å². The molecule has 278 valence electrons. The number of aromatic nitrogens is 2. The number of nitrogens with zero attached hydrogens (tertiary/aromatic N) is 7. The Kier molecular flexibility index (Phi) is 10.5. The van der Waals surface area contributed by atoms with Crippen LogP contribution in [0, 0.1) is 16.7 Å². The number of likely N-dealkylation sites (tertiary alicyclic amines) is 1. The number of anilines is 1. The fourth-order valence-electron chi connectivity index (χ4n) is 8.90. The summed E-state index contributed by atoms with van der Waals surface area (Å²) in [5.41, 5.74) is 4.49. The maximum atomic E-state index is 13.5. The van der Waals surface area contributed by atoms with Crippen LogP contribution in [-0.2, 0) is 44.9 Å². The summed E-state index contributed by atoms with van der Waals surface area (Å²) in [5, 5.41) is 9.84. The topological polar surface area (TPSA) is 117 Å². The van der Waals surface area contributed by atoms with E-state index in [4.69, 9.17) is 28.9 Å². The van der Waals surface area contributed by atoms with Gasteiger partial charge in [0.2, 0.25) is 5.91 Å². The van der Waals surface area contributed by atoms with Crippen molar-refractivity contribution >= 4 is 11.7 Å². The Bertz CT molecular complexity index is 1630. The Hall–Kier alpha value is -3.60. The molecule has 1 aromatic heterocycles. The van der Waals surface area contributed by atoms with Gasteiger partial charge < -0.3 is 28.7 Å². The second-order valence-corrected chi connectivity index (χ2v) is 15.8. The molecule has 1 saturated carbocycles. The molecule has 1 unspecified atom stereocenters.